The Bertz CT molecular complexity index is 210. The molecule has 2 heteroatoms. The van der Waals surface area contributed by atoms with Gasteiger partial charge in [-0.15, -0.1) is 6.58 Å². The lowest BCUT2D eigenvalue weighted by molar-refractivity contribution is -0.129. The number of carbonyl (C=O) groups excluding carboxylic acids is 1. The highest BCUT2D eigenvalue weighted by Crippen LogP contribution is 2.19. The summed E-state index contributed by atoms with van der Waals surface area (Å²) >= 11 is 0. The number of likely N-dealkylation sites (tertiary alicyclic amines) is 1. The summed E-state index contributed by atoms with van der Waals surface area (Å²) in [6.07, 6.45) is 7.64. The molecule has 1 aliphatic rings. The molecule has 1 fully saturated rings. The molecule has 1 amide bonds. The van der Waals surface area contributed by atoms with Crippen molar-refractivity contribution in [2.45, 2.75) is 31.7 Å². The van der Waals surface area contributed by atoms with Crippen LogP contribution in [-0.2, 0) is 4.79 Å². The standard InChI is InChI=1S/C11H17NO/c1-3-7-10-8-5-6-9-12(10)11(13)4-2/h3-4,10H,1-2,5-9H2/t10-/m1/s1. The highest BCUT2D eigenvalue weighted by atomic mass is 16.2. The molecule has 0 bridgehead atoms. The minimum absolute atomic E-state index is 0.0616. The van der Waals surface area contributed by atoms with Gasteiger partial charge in [0, 0.05) is 12.6 Å². The van der Waals surface area contributed by atoms with Crippen LogP contribution in [-0.4, -0.2) is 23.4 Å². The van der Waals surface area contributed by atoms with Crippen LogP contribution in [0.5, 0.6) is 0 Å². The molecule has 13 heavy (non-hydrogen) atoms. The van der Waals surface area contributed by atoms with Gasteiger partial charge in [0.1, 0.15) is 0 Å². The van der Waals surface area contributed by atoms with Gasteiger partial charge in [-0.05, 0) is 31.8 Å². The molecule has 0 aliphatic carbocycles. The normalized spacial score (nSPS) is 22.5. The van der Waals surface area contributed by atoms with Gasteiger partial charge >= 0.3 is 0 Å². The Balaban J connectivity index is 2.60. The molecule has 0 aromatic heterocycles. The van der Waals surface area contributed by atoms with Gasteiger partial charge in [-0.1, -0.05) is 12.7 Å². The van der Waals surface area contributed by atoms with Crippen LogP contribution < -0.4 is 0 Å². The number of nitrogens with zero attached hydrogens (tertiary/aromatic N) is 1. The maximum Gasteiger partial charge on any atom is 0.246 e. The molecule has 0 unspecified atom stereocenters. The summed E-state index contributed by atoms with van der Waals surface area (Å²) in [5, 5.41) is 0. The summed E-state index contributed by atoms with van der Waals surface area (Å²) in [5.41, 5.74) is 0. The van der Waals surface area contributed by atoms with Crippen LogP contribution in [0.1, 0.15) is 25.7 Å². The van der Waals surface area contributed by atoms with E-state index in [0.717, 1.165) is 25.8 Å². The second kappa shape index (κ2) is 4.85. The number of hydrogen-bond donors (Lipinski definition) is 0. The first-order valence-electron chi connectivity index (χ1n) is 4.83. The van der Waals surface area contributed by atoms with E-state index in [-0.39, 0.29) is 5.91 Å². The second-order valence-electron chi connectivity index (χ2n) is 3.41. The van der Waals surface area contributed by atoms with Crippen molar-refractivity contribution in [3.05, 3.63) is 25.3 Å². The molecule has 2 nitrogen and oxygen atoms in total. The van der Waals surface area contributed by atoms with E-state index in [1.54, 1.807) is 0 Å². The van der Waals surface area contributed by atoms with Crippen molar-refractivity contribution in [1.29, 1.82) is 0 Å². The highest BCUT2D eigenvalue weighted by Gasteiger charge is 2.23. The number of hydrogen-bond acceptors (Lipinski definition) is 1. The summed E-state index contributed by atoms with van der Waals surface area (Å²) in [6, 6.07) is 0.358. The van der Waals surface area contributed by atoms with E-state index < -0.39 is 0 Å². The van der Waals surface area contributed by atoms with Crippen molar-refractivity contribution in [3.63, 3.8) is 0 Å². The maximum absolute atomic E-state index is 11.4. The molecule has 1 saturated heterocycles. The van der Waals surface area contributed by atoms with Crippen LogP contribution in [0.15, 0.2) is 25.3 Å². The summed E-state index contributed by atoms with van der Waals surface area (Å²) in [5.74, 6) is 0.0616. The SMILES string of the molecule is C=CC[C@@H]1CCCCN1C(=O)C=C. The average Bonchev–Trinajstić information content (AvgIpc) is 2.18. The van der Waals surface area contributed by atoms with Crippen molar-refractivity contribution in [1.82, 2.24) is 4.90 Å². The van der Waals surface area contributed by atoms with Gasteiger partial charge in [0.15, 0.2) is 0 Å². The second-order valence-corrected chi connectivity index (χ2v) is 3.41. The van der Waals surface area contributed by atoms with Crippen LogP contribution in [0.2, 0.25) is 0 Å². The van der Waals surface area contributed by atoms with Gasteiger partial charge in [-0.3, -0.25) is 4.79 Å². The third-order valence-corrected chi connectivity index (χ3v) is 2.52. The fraction of sp³-hybridized carbons (Fsp3) is 0.545. The summed E-state index contributed by atoms with van der Waals surface area (Å²) in [4.78, 5) is 13.3. The van der Waals surface area contributed by atoms with Gasteiger partial charge in [-0.25, -0.2) is 0 Å². The van der Waals surface area contributed by atoms with E-state index in [4.69, 9.17) is 0 Å². The van der Waals surface area contributed by atoms with Crippen LogP contribution in [0, 0.1) is 0 Å². The maximum atomic E-state index is 11.4. The molecule has 72 valence electrons. The molecule has 1 atom stereocenters. The molecule has 0 saturated carbocycles. The van der Waals surface area contributed by atoms with E-state index in [0.29, 0.717) is 6.04 Å². The van der Waals surface area contributed by atoms with Gasteiger partial charge in [0.05, 0.1) is 0 Å². The number of rotatable bonds is 3. The van der Waals surface area contributed by atoms with Gasteiger partial charge in [-0.2, -0.15) is 0 Å². The zero-order valence-electron chi connectivity index (χ0n) is 8.04. The van der Waals surface area contributed by atoms with E-state index >= 15 is 0 Å². The molecule has 1 heterocycles. The predicted molar refractivity (Wildman–Crippen MR) is 54.4 cm³/mol. The van der Waals surface area contributed by atoms with Crippen molar-refractivity contribution in [2.24, 2.45) is 0 Å². The van der Waals surface area contributed by atoms with E-state index in [1.165, 1.54) is 12.5 Å². The van der Waals surface area contributed by atoms with Gasteiger partial charge < -0.3 is 4.90 Å². The Kier molecular flexibility index (Phi) is 3.74. The zero-order valence-corrected chi connectivity index (χ0v) is 8.04. The first-order valence-corrected chi connectivity index (χ1v) is 4.83. The molecule has 0 aromatic carbocycles. The van der Waals surface area contributed by atoms with Gasteiger partial charge in [0.2, 0.25) is 5.91 Å². The van der Waals surface area contributed by atoms with Crippen molar-refractivity contribution in [3.8, 4) is 0 Å². The lowest BCUT2D eigenvalue weighted by Crippen LogP contribution is -2.42. The minimum atomic E-state index is 0.0616. The largest absolute Gasteiger partial charge is 0.336 e. The Morgan fingerprint density at radius 2 is 2.23 bits per heavy atom. The Morgan fingerprint density at radius 3 is 2.85 bits per heavy atom. The van der Waals surface area contributed by atoms with Crippen LogP contribution >= 0.6 is 0 Å². The van der Waals surface area contributed by atoms with Crippen LogP contribution in [0.3, 0.4) is 0 Å². The van der Waals surface area contributed by atoms with E-state index in [1.807, 2.05) is 11.0 Å². The first-order chi connectivity index (χ1) is 6.29. The number of carbonyl (C=O) groups is 1. The van der Waals surface area contributed by atoms with Crippen molar-refractivity contribution < 1.29 is 4.79 Å². The highest BCUT2D eigenvalue weighted by molar-refractivity contribution is 5.87. The number of amides is 1. The molecule has 0 aromatic rings. The fourth-order valence-corrected chi connectivity index (χ4v) is 1.85. The molecule has 0 radical (unpaired) electrons. The van der Waals surface area contributed by atoms with Crippen LogP contribution in [0.4, 0.5) is 0 Å². The Labute approximate surface area is 79.9 Å². The third kappa shape index (κ3) is 2.44. The van der Waals surface area contributed by atoms with Gasteiger partial charge in [0.25, 0.3) is 0 Å². The van der Waals surface area contributed by atoms with Crippen molar-refractivity contribution >= 4 is 5.91 Å². The van der Waals surface area contributed by atoms with Crippen molar-refractivity contribution in [2.75, 3.05) is 6.54 Å². The Hall–Kier alpha value is -1.05. The minimum Gasteiger partial charge on any atom is -0.336 e. The molecule has 1 rings (SSSR count). The number of piperidine rings is 1. The smallest absolute Gasteiger partial charge is 0.246 e. The lowest BCUT2D eigenvalue weighted by atomic mass is 9.99. The van der Waals surface area contributed by atoms with E-state index in [2.05, 4.69) is 13.2 Å². The topological polar surface area (TPSA) is 20.3 Å². The quantitative estimate of drug-likeness (QED) is 0.480. The molecular weight excluding hydrogens is 162 g/mol. The molecule has 0 N–H and O–H groups in total. The predicted octanol–water partition coefficient (Wildman–Crippen LogP) is 2.13. The van der Waals surface area contributed by atoms with Crippen LogP contribution in [0.25, 0.3) is 0 Å². The monoisotopic (exact) mass is 179 g/mol. The molecule has 0 spiro atoms. The Morgan fingerprint density at radius 1 is 1.46 bits per heavy atom. The molecular formula is C11H17NO. The van der Waals surface area contributed by atoms with E-state index in [9.17, 15) is 4.79 Å². The summed E-state index contributed by atoms with van der Waals surface area (Å²) in [6.45, 7) is 8.10. The fourth-order valence-electron chi connectivity index (χ4n) is 1.85. The zero-order chi connectivity index (χ0) is 9.68. The first kappa shape index (κ1) is 10.0. The summed E-state index contributed by atoms with van der Waals surface area (Å²) < 4.78 is 0. The average molecular weight is 179 g/mol. The summed E-state index contributed by atoms with van der Waals surface area (Å²) in [7, 11) is 0. The molecule has 1 aliphatic heterocycles. The lowest BCUT2D eigenvalue weighted by Gasteiger charge is -2.34. The third-order valence-electron chi connectivity index (χ3n) is 2.52.